The zero-order valence-electron chi connectivity index (χ0n) is 15.2. The minimum Gasteiger partial charge on any atom is -0.496 e. The summed E-state index contributed by atoms with van der Waals surface area (Å²) in [6, 6.07) is 11.5. The number of halogens is 1. The average molecular weight is 388 g/mol. The molecule has 2 aromatic rings. The van der Waals surface area contributed by atoms with Crippen molar-refractivity contribution in [2.24, 2.45) is 0 Å². The van der Waals surface area contributed by atoms with E-state index in [0.29, 0.717) is 27.6 Å². The largest absolute Gasteiger partial charge is 0.496 e. The molecule has 0 radical (unpaired) electrons. The summed E-state index contributed by atoms with van der Waals surface area (Å²) in [5.74, 6) is -0.229. The van der Waals surface area contributed by atoms with Crippen LogP contribution < -0.4 is 10.1 Å². The van der Waals surface area contributed by atoms with Crippen molar-refractivity contribution >= 4 is 29.2 Å². The highest BCUT2D eigenvalue weighted by atomic mass is 35.5. The molecule has 6 heteroatoms. The van der Waals surface area contributed by atoms with Crippen LogP contribution in [0.1, 0.15) is 52.8 Å². The molecule has 142 valence electrons. The molecule has 27 heavy (non-hydrogen) atoms. The fourth-order valence-electron chi connectivity index (χ4n) is 3.15. The van der Waals surface area contributed by atoms with Gasteiger partial charge in [-0.2, -0.15) is 0 Å². The van der Waals surface area contributed by atoms with Crippen molar-refractivity contribution < 1.29 is 19.1 Å². The van der Waals surface area contributed by atoms with Gasteiger partial charge in [-0.25, -0.2) is 4.79 Å². The number of nitrogens with one attached hydrogen (secondary N) is 1. The van der Waals surface area contributed by atoms with Gasteiger partial charge in [0.05, 0.1) is 18.2 Å². The van der Waals surface area contributed by atoms with E-state index < -0.39 is 0 Å². The number of hydrogen-bond acceptors (Lipinski definition) is 4. The Bertz CT molecular complexity index is 813. The van der Waals surface area contributed by atoms with Crippen molar-refractivity contribution in [2.75, 3.05) is 12.4 Å². The minimum atomic E-state index is -0.341. The topological polar surface area (TPSA) is 64.6 Å². The first-order valence-corrected chi connectivity index (χ1v) is 9.40. The summed E-state index contributed by atoms with van der Waals surface area (Å²) in [5, 5.41) is 3.22. The molecule has 1 aliphatic rings. The molecule has 1 aliphatic carbocycles. The van der Waals surface area contributed by atoms with Gasteiger partial charge in [-0.05, 0) is 68.1 Å². The highest BCUT2D eigenvalue weighted by Crippen LogP contribution is 2.24. The highest BCUT2D eigenvalue weighted by Gasteiger charge is 2.19. The lowest BCUT2D eigenvalue weighted by Crippen LogP contribution is -2.21. The molecule has 1 N–H and O–H groups in total. The van der Waals surface area contributed by atoms with Crippen molar-refractivity contribution in [3.8, 4) is 5.75 Å². The van der Waals surface area contributed by atoms with Gasteiger partial charge in [0, 0.05) is 10.7 Å². The first-order chi connectivity index (χ1) is 13.1. The monoisotopic (exact) mass is 387 g/mol. The van der Waals surface area contributed by atoms with Crippen LogP contribution in [0.25, 0.3) is 0 Å². The number of carbonyl (C=O) groups excluding carboxylic acids is 2. The second-order valence-corrected chi connectivity index (χ2v) is 6.98. The molecular formula is C21H22ClNO4. The predicted octanol–water partition coefficient (Wildman–Crippen LogP) is 5.09. The Balaban J connectivity index is 1.64. The van der Waals surface area contributed by atoms with Gasteiger partial charge in [0.15, 0.2) is 0 Å². The normalized spacial score (nSPS) is 14.4. The van der Waals surface area contributed by atoms with Crippen molar-refractivity contribution in [3.05, 3.63) is 58.6 Å². The lowest BCUT2D eigenvalue weighted by molar-refractivity contribution is 0.0211. The van der Waals surface area contributed by atoms with Gasteiger partial charge in [0.25, 0.3) is 5.91 Å². The number of anilines is 1. The highest BCUT2D eigenvalue weighted by molar-refractivity contribution is 6.31. The quantitative estimate of drug-likeness (QED) is 0.725. The summed E-state index contributed by atoms with van der Waals surface area (Å²) in [5.41, 5.74) is 1.38. The van der Waals surface area contributed by atoms with Crippen molar-refractivity contribution in [1.82, 2.24) is 0 Å². The summed E-state index contributed by atoms with van der Waals surface area (Å²) in [7, 11) is 1.49. The van der Waals surface area contributed by atoms with E-state index in [1.54, 1.807) is 42.5 Å². The molecular weight excluding hydrogens is 366 g/mol. The molecule has 0 unspecified atom stereocenters. The van der Waals surface area contributed by atoms with Crippen LogP contribution in [0.2, 0.25) is 5.02 Å². The van der Waals surface area contributed by atoms with Crippen LogP contribution in [0, 0.1) is 0 Å². The second-order valence-electron chi connectivity index (χ2n) is 6.54. The standard InChI is InChI=1S/C21H22ClNO4/c1-26-19-12-9-15(22)13-18(19)20(24)23-16-10-7-14(8-11-16)21(25)27-17-5-3-2-4-6-17/h7-13,17H,2-6H2,1H3,(H,23,24). The summed E-state index contributed by atoms with van der Waals surface area (Å²) < 4.78 is 10.8. The SMILES string of the molecule is COc1ccc(Cl)cc1C(=O)Nc1ccc(C(=O)OC2CCCCC2)cc1. The lowest BCUT2D eigenvalue weighted by Gasteiger charge is -2.21. The molecule has 0 atom stereocenters. The lowest BCUT2D eigenvalue weighted by atomic mass is 9.98. The first-order valence-electron chi connectivity index (χ1n) is 9.03. The molecule has 0 bridgehead atoms. The van der Waals surface area contributed by atoms with Gasteiger partial charge in [-0.1, -0.05) is 18.0 Å². The van der Waals surface area contributed by atoms with E-state index in [9.17, 15) is 9.59 Å². The van der Waals surface area contributed by atoms with E-state index >= 15 is 0 Å². The molecule has 0 saturated heterocycles. The van der Waals surface area contributed by atoms with E-state index in [4.69, 9.17) is 21.1 Å². The number of carbonyl (C=O) groups is 2. The van der Waals surface area contributed by atoms with Crippen LogP contribution in [-0.2, 0) is 4.74 Å². The molecule has 1 fully saturated rings. The van der Waals surface area contributed by atoms with E-state index in [0.717, 1.165) is 25.7 Å². The average Bonchev–Trinajstić information content (AvgIpc) is 2.69. The van der Waals surface area contributed by atoms with Crippen LogP contribution in [-0.4, -0.2) is 25.1 Å². The van der Waals surface area contributed by atoms with E-state index in [2.05, 4.69) is 5.32 Å². The maximum Gasteiger partial charge on any atom is 0.338 e. The molecule has 5 nitrogen and oxygen atoms in total. The van der Waals surface area contributed by atoms with Gasteiger partial charge in [-0.15, -0.1) is 0 Å². The maximum absolute atomic E-state index is 12.5. The van der Waals surface area contributed by atoms with Crippen LogP contribution in [0.5, 0.6) is 5.75 Å². The molecule has 3 rings (SSSR count). The van der Waals surface area contributed by atoms with Crippen LogP contribution in [0.4, 0.5) is 5.69 Å². The number of ether oxygens (including phenoxy) is 2. The van der Waals surface area contributed by atoms with Gasteiger partial charge in [0.2, 0.25) is 0 Å². The number of methoxy groups -OCH3 is 1. The summed E-state index contributed by atoms with van der Waals surface area (Å²) in [6.07, 6.45) is 5.30. The fourth-order valence-corrected chi connectivity index (χ4v) is 3.32. The fraction of sp³-hybridized carbons (Fsp3) is 0.333. The molecule has 0 heterocycles. The Labute approximate surface area is 163 Å². The zero-order valence-corrected chi connectivity index (χ0v) is 15.9. The maximum atomic E-state index is 12.5. The molecule has 1 saturated carbocycles. The predicted molar refractivity (Wildman–Crippen MR) is 105 cm³/mol. The third-order valence-electron chi connectivity index (χ3n) is 4.61. The first kappa shape index (κ1) is 19.2. The molecule has 1 amide bonds. The Morgan fingerprint density at radius 1 is 1.04 bits per heavy atom. The Hall–Kier alpha value is -2.53. The Morgan fingerprint density at radius 2 is 1.74 bits per heavy atom. The third kappa shape index (κ3) is 5.01. The molecule has 0 spiro atoms. The summed E-state index contributed by atoms with van der Waals surface area (Å²) in [6.45, 7) is 0. The van der Waals surface area contributed by atoms with E-state index in [-0.39, 0.29) is 18.0 Å². The number of hydrogen-bond donors (Lipinski definition) is 1. The Kier molecular flexibility index (Phi) is 6.35. The number of rotatable bonds is 5. The number of benzene rings is 2. The van der Waals surface area contributed by atoms with Gasteiger partial charge in [-0.3, -0.25) is 4.79 Å². The zero-order chi connectivity index (χ0) is 19.2. The van der Waals surface area contributed by atoms with Gasteiger partial charge in [0.1, 0.15) is 11.9 Å². The molecule has 0 aromatic heterocycles. The third-order valence-corrected chi connectivity index (χ3v) is 4.85. The van der Waals surface area contributed by atoms with Crippen LogP contribution in [0.3, 0.4) is 0 Å². The Morgan fingerprint density at radius 3 is 2.41 bits per heavy atom. The number of esters is 1. The van der Waals surface area contributed by atoms with Crippen molar-refractivity contribution in [1.29, 1.82) is 0 Å². The van der Waals surface area contributed by atoms with Crippen LogP contribution >= 0.6 is 11.6 Å². The smallest absolute Gasteiger partial charge is 0.338 e. The van der Waals surface area contributed by atoms with Crippen molar-refractivity contribution in [3.63, 3.8) is 0 Å². The van der Waals surface area contributed by atoms with Crippen LogP contribution in [0.15, 0.2) is 42.5 Å². The second kappa shape index (κ2) is 8.91. The van der Waals surface area contributed by atoms with E-state index in [1.807, 2.05) is 0 Å². The summed E-state index contributed by atoms with van der Waals surface area (Å²) in [4.78, 5) is 24.7. The van der Waals surface area contributed by atoms with Crippen molar-refractivity contribution in [2.45, 2.75) is 38.2 Å². The number of amides is 1. The van der Waals surface area contributed by atoms with Gasteiger partial charge >= 0.3 is 5.97 Å². The van der Waals surface area contributed by atoms with Gasteiger partial charge < -0.3 is 14.8 Å². The molecule has 0 aliphatic heterocycles. The molecule has 2 aromatic carbocycles. The van der Waals surface area contributed by atoms with E-state index in [1.165, 1.54) is 13.5 Å². The minimum absolute atomic E-state index is 0.0147. The summed E-state index contributed by atoms with van der Waals surface area (Å²) >= 11 is 5.97.